The second kappa shape index (κ2) is 3.66. The van der Waals surface area contributed by atoms with Crippen molar-refractivity contribution in [3.05, 3.63) is 22.3 Å². The number of nitriles is 1. The first kappa shape index (κ1) is 11.2. The molecule has 3 nitrogen and oxygen atoms in total. The van der Waals surface area contributed by atoms with E-state index in [9.17, 15) is 5.26 Å². The van der Waals surface area contributed by atoms with Gasteiger partial charge in [-0.25, -0.2) is 0 Å². The molecule has 0 bridgehead atoms. The van der Waals surface area contributed by atoms with Gasteiger partial charge in [0.05, 0.1) is 24.7 Å². The summed E-state index contributed by atoms with van der Waals surface area (Å²) in [5, 5.41) is 9.68. The molecule has 19 heavy (non-hydrogen) atoms. The summed E-state index contributed by atoms with van der Waals surface area (Å²) < 4.78 is 11.8. The normalized spacial score (nSPS) is 21.7. The molecular weight excluding hydrogens is 238 g/mol. The summed E-state index contributed by atoms with van der Waals surface area (Å²) in [6.45, 7) is 3.61. The Bertz CT molecular complexity index is 573. The van der Waals surface area contributed by atoms with Gasteiger partial charge in [-0.05, 0) is 31.7 Å². The van der Waals surface area contributed by atoms with E-state index >= 15 is 0 Å². The molecule has 1 aromatic carbocycles. The van der Waals surface area contributed by atoms with E-state index in [0.717, 1.165) is 56.8 Å². The number of ether oxygens (including phenoxy) is 2. The summed E-state index contributed by atoms with van der Waals surface area (Å²) in [5.74, 6) is 2.06. The number of nitrogens with zero attached hydrogens (tertiary/aromatic N) is 1. The van der Waals surface area contributed by atoms with Gasteiger partial charge in [0.25, 0.3) is 0 Å². The molecule has 0 radical (unpaired) electrons. The fourth-order valence-electron chi connectivity index (χ4n) is 3.79. The van der Waals surface area contributed by atoms with Crippen molar-refractivity contribution in [2.45, 2.75) is 44.4 Å². The van der Waals surface area contributed by atoms with Gasteiger partial charge in [0, 0.05) is 29.5 Å². The number of fused-ring (bicyclic) bond motifs is 2. The molecule has 2 heterocycles. The van der Waals surface area contributed by atoms with Gasteiger partial charge in [-0.3, -0.25) is 0 Å². The number of hydrogen-bond acceptors (Lipinski definition) is 3. The summed E-state index contributed by atoms with van der Waals surface area (Å²) >= 11 is 0. The van der Waals surface area contributed by atoms with Crippen LogP contribution < -0.4 is 9.47 Å². The van der Waals surface area contributed by atoms with Crippen LogP contribution in [-0.4, -0.2) is 13.2 Å². The van der Waals surface area contributed by atoms with Crippen molar-refractivity contribution < 1.29 is 9.47 Å². The van der Waals surface area contributed by atoms with Crippen LogP contribution in [0.15, 0.2) is 0 Å². The van der Waals surface area contributed by atoms with Gasteiger partial charge in [0.1, 0.15) is 11.5 Å². The van der Waals surface area contributed by atoms with Crippen molar-refractivity contribution in [3.8, 4) is 17.6 Å². The molecule has 1 aromatic rings. The SMILES string of the molecule is Cc1c2c(c(C3(C#N)CCC3)c3c1OCC3)OCC2. The number of hydrogen-bond donors (Lipinski definition) is 0. The summed E-state index contributed by atoms with van der Waals surface area (Å²) in [6, 6.07) is 2.57. The van der Waals surface area contributed by atoms with Gasteiger partial charge in [0.2, 0.25) is 0 Å². The highest BCUT2D eigenvalue weighted by Crippen LogP contribution is 2.54. The molecule has 3 heteroatoms. The van der Waals surface area contributed by atoms with E-state index in [1.165, 1.54) is 22.3 Å². The van der Waals surface area contributed by atoms with Crippen LogP contribution in [-0.2, 0) is 18.3 Å². The topological polar surface area (TPSA) is 42.2 Å². The summed E-state index contributed by atoms with van der Waals surface area (Å²) in [7, 11) is 0. The van der Waals surface area contributed by atoms with Crippen LogP contribution in [0.1, 0.15) is 41.5 Å². The Labute approximate surface area is 113 Å². The van der Waals surface area contributed by atoms with Crippen LogP contribution in [0.25, 0.3) is 0 Å². The quantitative estimate of drug-likeness (QED) is 0.775. The molecule has 0 spiro atoms. The highest BCUT2D eigenvalue weighted by atomic mass is 16.5. The van der Waals surface area contributed by atoms with E-state index in [1.54, 1.807) is 0 Å². The number of rotatable bonds is 1. The van der Waals surface area contributed by atoms with Crippen LogP contribution in [0, 0.1) is 18.3 Å². The predicted octanol–water partition coefficient (Wildman–Crippen LogP) is 2.81. The van der Waals surface area contributed by atoms with E-state index in [-0.39, 0.29) is 5.41 Å². The van der Waals surface area contributed by atoms with Gasteiger partial charge in [-0.15, -0.1) is 0 Å². The fraction of sp³-hybridized carbons (Fsp3) is 0.562. The molecular formula is C16H17NO2. The molecule has 1 saturated carbocycles. The van der Waals surface area contributed by atoms with E-state index in [2.05, 4.69) is 13.0 Å². The van der Waals surface area contributed by atoms with Gasteiger partial charge in [-0.1, -0.05) is 0 Å². The first-order valence-electron chi connectivity index (χ1n) is 7.12. The molecule has 0 unspecified atom stereocenters. The highest BCUT2D eigenvalue weighted by Gasteiger charge is 2.46. The zero-order valence-electron chi connectivity index (χ0n) is 11.2. The summed E-state index contributed by atoms with van der Waals surface area (Å²) in [6.07, 6.45) is 4.95. The zero-order valence-corrected chi connectivity index (χ0v) is 11.2. The lowest BCUT2D eigenvalue weighted by Crippen LogP contribution is -2.34. The van der Waals surface area contributed by atoms with Gasteiger partial charge < -0.3 is 9.47 Å². The first-order valence-corrected chi connectivity index (χ1v) is 7.12. The fourth-order valence-corrected chi connectivity index (χ4v) is 3.79. The lowest BCUT2D eigenvalue weighted by molar-refractivity contribution is 0.296. The van der Waals surface area contributed by atoms with Crippen molar-refractivity contribution >= 4 is 0 Å². The first-order chi connectivity index (χ1) is 9.27. The standard InChI is InChI=1S/C16H17NO2/c1-10-11-3-7-19-15(11)13(12-4-8-18-14(10)12)16(9-17)5-2-6-16/h2-8H2,1H3. The van der Waals surface area contributed by atoms with E-state index in [1.807, 2.05) is 0 Å². The molecule has 0 N–H and O–H groups in total. The van der Waals surface area contributed by atoms with Crippen LogP contribution in [0.4, 0.5) is 0 Å². The monoisotopic (exact) mass is 255 g/mol. The third-order valence-electron chi connectivity index (χ3n) is 4.97. The molecule has 98 valence electrons. The van der Waals surface area contributed by atoms with Crippen LogP contribution in [0.2, 0.25) is 0 Å². The maximum absolute atomic E-state index is 9.68. The van der Waals surface area contributed by atoms with Crippen molar-refractivity contribution in [1.82, 2.24) is 0 Å². The van der Waals surface area contributed by atoms with Gasteiger partial charge >= 0.3 is 0 Å². The van der Waals surface area contributed by atoms with E-state index < -0.39 is 0 Å². The van der Waals surface area contributed by atoms with Crippen LogP contribution in [0.5, 0.6) is 11.5 Å². The Morgan fingerprint density at radius 2 is 1.74 bits per heavy atom. The van der Waals surface area contributed by atoms with Crippen molar-refractivity contribution in [3.63, 3.8) is 0 Å². The molecule has 1 fully saturated rings. The largest absolute Gasteiger partial charge is 0.493 e. The molecule has 0 aromatic heterocycles. The Morgan fingerprint density at radius 1 is 1.05 bits per heavy atom. The Balaban J connectivity index is 2.03. The Hall–Kier alpha value is -1.69. The van der Waals surface area contributed by atoms with Crippen molar-refractivity contribution in [1.29, 1.82) is 5.26 Å². The lowest BCUT2D eigenvalue weighted by Gasteiger charge is -2.38. The number of benzene rings is 1. The maximum Gasteiger partial charge on any atom is 0.128 e. The van der Waals surface area contributed by atoms with Crippen LogP contribution in [0.3, 0.4) is 0 Å². The minimum Gasteiger partial charge on any atom is -0.493 e. The van der Waals surface area contributed by atoms with Crippen molar-refractivity contribution in [2.24, 2.45) is 0 Å². The second-order valence-electron chi connectivity index (χ2n) is 5.86. The minimum absolute atomic E-state index is 0.306. The molecule has 1 aliphatic carbocycles. The summed E-state index contributed by atoms with van der Waals surface area (Å²) in [5.41, 5.74) is 4.62. The summed E-state index contributed by atoms with van der Waals surface area (Å²) in [4.78, 5) is 0. The molecule has 4 rings (SSSR count). The molecule has 2 aliphatic heterocycles. The highest BCUT2D eigenvalue weighted by molar-refractivity contribution is 5.65. The zero-order chi connectivity index (χ0) is 13.0. The molecule has 0 atom stereocenters. The van der Waals surface area contributed by atoms with E-state index in [4.69, 9.17) is 9.47 Å². The second-order valence-corrected chi connectivity index (χ2v) is 5.86. The van der Waals surface area contributed by atoms with E-state index in [0.29, 0.717) is 0 Å². The molecule has 0 amide bonds. The lowest BCUT2D eigenvalue weighted by atomic mass is 9.63. The third-order valence-corrected chi connectivity index (χ3v) is 4.97. The minimum atomic E-state index is -0.306. The van der Waals surface area contributed by atoms with Crippen molar-refractivity contribution in [2.75, 3.05) is 13.2 Å². The predicted molar refractivity (Wildman–Crippen MR) is 70.7 cm³/mol. The average Bonchev–Trinajstić information content (AvgIpc) is 3.01. The Kier molecular flexibility index (Phi) is 2.15. The smallest absolute Gasteiger partial charge is 0.128 e. The van der Waals surface area contributed by atoms with Crippen LogP contribution >= 0.6 is 0 Å². The Morgan fingerprint density at radius 3 is 2.37 bits per heavy atom. The average molecular weight is 255 g/mol. The maximum atomic E-state index is 9.68. The molecule has 0 saturated heterocycles. The third kappa shape index (κ3) is 1.27. The molecule has 3 aliphatic rings. The van der Waals surface area contributed by atoms with Gasteiger partial charge in [0.15, 0.2) is 0 Å². The van der Waals surface area contributed by atoms with Gasteiger partial charge in [-0.2, -0.15) is 5.26 Å².